The van der Waals surface area contributed by atoms with Crippen molar-refractivity contribution in [2.75, 3.05) is 19.6 Å². The highest BCUT2D eigenvalue weighted by Crippen LogP contribution is 2.18. The first kappa shape index (κ1) is 17.1. The van der Waals surface area contributed by atoms with Crippen LogP contribution in [0, 0.1) is 0 Å². The van der Waals surface area contributed by atoms with E-state index in [0.29, 0.717) is 12.1 Å². The van der Waals surface area contributed by atoms with Crippen LogP contribution in [0.15, 0.2) is 42.6 Å². The molecule has 0 bridgehead atoms. The van der Waals surface area contributed by atoms with Crippen LogP contribution in [0.25, 0.3) is 0 Å². The molecule has 1 aliphatic heterocycles. The predicted molar refractivity (Wildman–Crippen MR) is 93.6 cm³/mol. The molecule has 2 heterocycles. The molecule has 130 valence electrons. The number of benzene rings is 1. The minimum atomic E-state index is -1.10. The maximum absolute atomic E-state index is 12.0. The molecule has 6 heteroatoms. The van der Waals surface area contributed by atoms with Gasteiger partial charge in [0.25, 0.3) is 5.91 Å². The Balaban J connectivity index is 1.41. The number of hydrogen-bond acceptors (Lipinski definition) is 4. The van der Waals surface area contributed by atoms with Gasteiger partial charge in [0.15, 0.2) is 0 Å². The smallest absolute Gasteiger partial charge is 0.354 e. The molecule has 25 heavy (non-hydrogen) atoms. The summed E-state index contributed by atoms with van der Waals surface area (Å²) in [6.07, 6.45) is 3.24. The molecule has 0 radical (unpaired) electrons. The number of amides is 1. The van der Waals surface area contributed by atoms with Gasteiger partial charge < -0.3 is 10.4 Å². The van der Waals surface area contributed by atoms with E-state index in [0.717, 1.165) is 32.5 Å². The molecular weight excluding hydrogens is 318 g/mol. The van der Waals surface area contributed by atoms with E-state index in [9.17, 15) is 9.59 Å². The number of hydrogen-bond donors (Lipinski definition) is 2. The van der Waals surface area contributed by atoms with Gasteiger partial charge >= 0.3 is 5.97 Å². The molecule has 0 spiro atoms. The average Bonchev–Trinajstić information content (AvgIpc) is 2.65. The Bertz CT molecular complexity index is 759. The molecule has 1 aromatic carbocycles. The van der Waals surface area contributed by atoms with E-state index in [-0.39, 0.29) is 11.6 Å². The number of carbonyl (C=O) groups excluding carboxylic acids is 1. The molecule has 3 rings (SSSR count). The summed E-state index contributed by atoms with van der Waals surface area (Å²) in [5.74, 6) is -1.33. The van der Waals surface area contributed by atoms with Crippen LogP contribution in [0.2, 0.25) is 0 Å². The van der Waals surface area contributed by atoms with E-state index in [1.807, 2.05) is 0 Å². The summed E-state index contributed by atoms with van der Waals surface area (Å²) in [5, 5.41) is 11.7. The fraction of sp³-hybridized carbons (Fsp3) is 0.316. The zero-order chi connectivity index (χ0) is 17.6. The van der Waals surface area contributed by atoms with Crippen LogP contribution in [0.5, 0.6) is 0 Å². The lowest BCUT2D eigenvalue weighted by Crippen LogP contribution is -2.33. The molecule has 6 nitrogen and oxygen atoms in total. The Morgan fingerprint density at radius 1 is 1.16 bits per heavy atom. The van der Waals surface area contributed by atoms with Crippen molar-refractivity contribution in [2.24, 2.45) is 0 Å². The van der Waals surface area contributed by atoms with E-state index >= 15 is 0 Å². The van der Waals surface area contributed by atoms with Crippen molar-refractivity contribution in [1.82, 2.24) is 15.2 Å². The third kappa shape index (κ3) is 4.42. The first-order chi connectivity index (χ1) is 12.1. The Hall–Kier alpha value is -2.73. The van der Waals surface area contributed by atoms with E-state index in [1.54, 1.807) is 0 Å². The maximum atomic E-state index is 12.0. The summed E-state index contributed by atoms with van der Waals surface area (Å²) >= 11 is 0. The van der Waals surface area contributed by atoms with Crippen molar-refractivity contribution >= 4 is 11.9 Å². The third-order valence-electron chi connectivity index (χ3n) is 4.39. The summed E-state index contributed by atoms with van der Waals surface area (Å²) in [6, 6.07) is 11.3. The van der Waals surface area contributed by atoms with Gasteiger partial charge in [0.1, 0.15) is 5.69 Å². The topological polar surface area (TPSA) is 82.5 Å². The van der Waals surface area contributed by atoms with E-state index in [1.165, 1.54) is 29.5 Å². The van der Waals surface area contributed by atoms with Crippen LogP contribution in [0.1, 0.15) is 38.4 Å². The number of nitrogens with one attached hydrogen (secondary N) is 1. The summed E-state index contributed by atoms with van der Waals surface area (Å²) in [6.45, 7) is 3.53. The monoisotopic (exact) mass is 339 g/mol. The summed E-state index contributed by atoms with van der Waals surface area (Å²) in [5.41, 5.74) is 3.13. The molecule has 0 unspecified atom stereocenters. The van der Waals surface area contributed by atoms with E-state index in [4.69, 9.17) is 5.11 Å². The Morgan fingerprint density at radius 2 is 1.96 bits per heavy atom. The predicted octanol–water partition coefficient (Wildman–Crippen LogP) is 1.96. The van der Waals surface area contributed by atoms with Gasteiger partial charge in [-0.15, -0.1) is 0 Å². The average molecular weight is 339 g/mol. The Labute approximate surface area is 146 Å². The number of aromatic carboxylic acids is 1. The van der Waals surface area contributed by atoms with Crippen molar-refractivity contribution in [2.45, 2.75) is 19.4 Å². The number of nitrogens with zero attached hydrogens (tertiary/aromatic N) is 2. The second-order valence-corrected chi connectivity index (χ2v) is 6.14. The highest BCUT2D eigenvalue weighted by Gasteiger charge is 2.15. The lowest BCUT2D eigenvalue weighted by Gasteiger charge is -2.28. The number of pyridine rings is 1. The largest absolute Gasteiger partial charge is 0.477 e. The Morgan fingerprint density at radius 3 is 2.68 bits per heavy atom. The number of fused-ring (bicyclic) bond motifs is 1. The van der Waals surface area contributed by atoms with Crippen molar-refractivity contribution < 1.29 is 14.7 Å². The first-order valence-electron chi connectivity index (χ1n) is 8.40. The zero-order valence-corrected chi connectivity index (χ0v) is 13.9. The van der Waals surface area contributed by atoms with Crippen LogP contribution < -0.4 is 5.32 Å². The molecule has 2 N–H and O–H groups in total. The SMILES string of the molecule is O=C(NCCCN1CCc2ccccc2C1)c1ccc(C(=O)O)nc1. The van der Waals surface area contributed by atoms with Crippen LogP contribution >= 0.6 is 0 Å². The normalized spacial score (nSPS) is 13.9. The molecule has 0 saturated carbocycles. The van der Waals surface area contributed by atoms with Gasteiger partial charge in [-0.3, -0.25) is 9.69 Å². The standard InChI is InChI=1S/C19H21N3O3/c23-18(15-6-7-17(19(24)25)21-12-15)20-9-3-10-22-11-8-14-4-1-2-5-16(14)13-22/h1-2,4-7,12H,3,8-11,13H2,(H,20,23)(H,24,25). The van der Waals surface area contributed by atoms with E-state index in [2.05, 4.69) is 39.5 Å². The van der Waals surface area contributed by atoms with Crippen molar-refractivity contribution in [3.05, 3.63) is 65.0 Å². The summed E-state index contributed by atoms with van der Waals surface area (Å²) in [4.78, 5) is 28.9. The van der Waals surface area contributed by atoms with E-state index < -0.39 is 5.97 Å². The minimum Gasteiger partial charge on any atom is -0.477 e. The third-order valence-corrected chi connectivity index (χ3v) is 4.39. The van der Waals surface area contributed by atoms with Gasteiger partial charge in [-0.2, -0.15) is 0 Å². The molecule has 0 saturated heterocycles. The van der Waals surface area contributed by atoms with Crippen molar-refractivity contribution in [1.29, 1.82) is 0 Å². The van der Waals surface area contributed by atoms with Gasteiger partial charge in [-0.25, -0.2) is 9.78 Å². The van der Waals surface area contributed by atoms with Gasteiger partial charge in [-0.1, -0.05) is 24.3 Å². The number of rotatable bonds is 6. The van der Waals surface area contributed by atoms with Crippen molar-refractivity contribution in [3.8, 4) is 0 Å². The maximum Gasteiger partial charge on any atom is 0.354 e. The lowest BCUT2D eigenvalue weighted by atomic mass is 10.00. The molecule has 1 aromatic heterocycles. The van der Waals surface area contributed by atoms with Gasteiger partial charge in [0.2, 0.25) is 0 Å². The van der Waals surface area contributed by atoms with Crippen LogP contribution in [-0.2, 0) is 13.0 Å². The van der Waals surface area contributed by atoms with Gasteiger partial charge in [-0.05, 0) is 36.1 Å². The minimum absolute atomic E-state index is 0.0677. The number of carboxylic acids is 1. The van der Waals surface area contributed by atoms with Crippen molar-refractivity contribution in [3.63, 3.8) is 0 Å². The van der Waals surface area contributed by atoms with Crippen LogP contribution in [0.3, 0.4) is 0 Å². The van der Waals surface area contributed by atoms with Gasteiger partial charge in [0, 0.05) is 32.4 Å². The first-order valence-corrected chi connectivity index (χ1v) is 8.40. The molecule has 1 amide bonds. The second kappa shape index (κ2) is 7.90. The van der Waals surface area contributed by atoms with Crippen LogP contribution in [0.4, 0.5) is 0 Å². The molecular formula is C19H21N3O3. The lowest BCUT2D eigenvalue weighted by molar-refractivity contribution is 0.0689. The summed E-state index contributed by atoms with van der Waals surface area (Å²) in [7, 11) is 0. The molecule has 1 aliphatic rings. The second-order valence-electron chi connectivity index (χ2n) is 6.14. The van der Waals surface area contributed by atoms with Gasteiger partial charge in [0.05, 0.1) is 5.56 Å². The quantitative estimate of drug-likeness (QED) is 0.786. The molecule has 2 aromatic rings. The highest BCUT2D eigenvalue weighted by atomic mass is 16.4. The number of carbonyl (C=O) groups is 2. The molecule has 0 atom stereocenters. The molecule has 0 aliphatic carbocycles. The molecule has 0 fully saturated rings. The summed E-state index contributed by atoms with van der Waals surface area (Å²) < 4.78 is 0. The Kier molecular flexibility index (Phi) is 5.40. The fourth-order valence-corrected chi connectivity index (χ4v) is 3.01. The highest BCUT2D eigenvalue weighted by molar-refractivity contribution is 5.94. The zero-order valence-electron chi connectivity index (χ0n) is 13.9. The number of carboxylic acid groups (broad SMARTS) is 1. The fourth-order valence-electron chi connectivity index (χ4n) is 3.01. The van der Waals surface area contributed by atoms with Crippen LogP contribution in [-0.4, -0.2) is 46.5 Å². The number of aromatic nitrogens is 1.